The van der Waals surface area contributed by atoms with Crippen LogP contribution in [0.5, 0.6) is 0 Å². The normalized spacial score (nSPS) is 11.6. The number of aromatic nitrogens is 4. The lowest BCUT2D eigenvalue weighted by Crippen LogP contribution is -2.00. The molecular weight excluding hydrogens is 1330 g/mol. The molecule has 0 aliphatic rings. The number of nitrogens with zero attached hydrogens (tertiary/aromatic N) is 4. The molecule has 0 N–H and O–H groups in total. The molecular formula is C106H74N4. The lowest BCUT2D eigenvalue weighted by atomic mass is 9.82. The van der Waals surface area contributed by atoms with E-state index >= 15 is 0 Å². The largest absolute Gasteiger partial charge is 0.296 e. The number of para-hydroxylation sites is 4. The van der Waals surface area contributed by atoms with Gasteiger partial charge in [-0.1, -0.05) is 305 Å². The summed E-state index contributed by atoms with van der Waals surface area (Å²) >= 11 is 0. The first-order chi connectivity index (χ1) is 54.4. The Morgan fingerprint density at radius 2 is 0.491 bits per heavy atom. The second kappa shape index (κ2) is 27.7. The zero-order chi connectivity index (χ0) is 73.2. The van der Waals surface area contributed by atoms with E-state index in [4.69, 9.17) is 9.97 Å². The van der Waals surface area contributed by atoms with Gasteiger partial charge in [0, 0.05) is 24.2 Å². The molecule has 0 saturated heterocycles. The molecule has 20 aromatic rings. The Labute approximate surface area is 640 Å². The van der Waals surface area contributed by atoms with E-state index in [1.165, 1.54) is 110 Å². The molecule has 2 heterocycles. The Balaban J connectivity index is 0.754. The average Bonchev–Trinajstić information content (AvgIpc) is 1.02. The Morgan fingerprint density at radius 3 is 0.945 bits per heavy atom. The van der Waals surface area contributed by atoms with Crippen molar-refractivity contribution >= 4 is 65.2 Å². The molecule has 0 radical (unpaired) electrons. The van der Waals surface area contributed by atoms with Crippen molar-refractivity contribution in [2.75, 3.05) is 0 Å². The predicted molar refractivity (Wildman–Crippen MR) is 464 cm³/mol. The fourth-order valence-electron chi connectivity index (χ4n) is 17.2. The Morgan fingerprint density at radius 1 is 0.191 bits per heavy atom. The van der Waals surface area contributed by atoms with E-state index in [1.807, 2.05) is 0 Å². The van der Waals surface area contributed by atoms with Crippen molar-refractivity contribution in [2.45, 2.75) is 26.7 Å². The summed E-state index contributed by atoms with van der Waals surface area (Å²) in [6, 6.07) is 144. The van der Waals surface area contributed by atoms with E-state index in [0.717, 1.165) is 114 Å². The number of hydrogen-bond acceptors (Lipinski definition) is 2. The van der Waals surface area contributed by atoms with Crippen molar-refractivity contribution in [3.8, 4) is 134 Å². The molecule has 0 aliphatic heterocycles. The second-order valence-electron chi connectivity index (χ2n) is 28.8. The highest BCUT2D eigenvalue weighted by Crippen LogP contribution is 2.51. The minimum atomic E-state index is 0.819. The van der Waals surface area contributed by atoms with Crippen LogP contribution in [-0.2, 0) is 12.8 Å². The van der Waals surface area contributed by atoms with E-state index in [0.29, 0.717) is 0 Å². The summed E-state index contributed by atoms with van der Waals surface area (Å²) in [7, 11) is 0. The maximum Gasteiger partial charge on any atom is 0.114 e. The molecule has 20 rings (SSSR count). The number of benzene rings is 18. The van der Waals surface area contributed by atoms with E-state index in [9.17, 15) is 0 Å². The zero-order valence-corrected chi connectivity index (χ0v) is 61.2. The first-order valence-electron chi connectivity index (χ1n) is 38.3. The quantitative estimate of drug-likeness (QED) is 0.0959. The molecule has 0 saturated carbocycles. The Bertz CT molecular complexity index is 6870. The fourth-order valence-corrected chi connectivity index (χ4v) is 17.2. The number of fused-ring (bicyclic) bond motifs is 6. The molecule has 4 heteroatoms. The molecule has 0 spiro atoms. The number of hydrogen-bond donors (Lipinski definition) is 0. The monoisotopic (exact) mass is 1400 g/mol. The topological polar surface area (TPSA) is 35.6 Å². The molecule has 0 unspecified atom stereocenters. The zero-order valence-electron chi connectivity index (χ0n) is 61.2. The lowest BCUT2D eigenvalue weighted by molar-refractivity contribution is 0.908. The van der Waals surface area contributed by atoms with Crippen molar-refractivity contribution in [3.05, 3.63) is 400 Å². The van der Waals surface area contributed by atoms with Gasteiger partial charge < -0.3 is 0 Å². The van der Waals surface area contributed by atoms with Crippen LogP contribution in [0.2, 0.25) is 0 Å². The van der Waals surface area contributed by atoms with E-state index in [1.54, 1.807) is 0 Å². The van der Waals surface area contributed by atoms with Crippen molar-refractivity contribution in [1.82, 2.24) is 19.1 Å². The van der Waals surface area contributed by atoms with Gasteiger partial charge in [-0.05, 0) is 263 Å². The predicted octanol–water partition coefficient (Wildman–Crippen LogP) is 28.4. The molecule has 110 heavy (non-hydrogen) atoms. The van der Waals surface area contributed by atoms with E-state index < -0.39 is 0 Å². The lowest BCUT2D eigenvalue weighted by Gasteiger charge is -2.21. The maximum absolute atomic E-state index is 5.07. The van der Waals surface area contributed by atoms with Crippen molar-refractivity contribution in [3.63, 3.8) is 0 Å². The maximum atomic E-state index is 5.07. The van der Waals surface area contributed by atoms with Gasteiger partial charge >= 0.3 is 0 Å². The van der Waals surface area contributed by atoms with Gasteiger partial charge in [0.2, 0.25) is 0 Å². The summed E-state index contributed by atoms with van der Waals surface area (Å²) in [4.78, 5) is 10.1. The summed E-state index contributed by atoms with van der Waals surface area (Å²) in [5.74, 6) is 2.09. The van der Waals surface area contributed by atoms with Crippen LogP contribution < -0.4 is 0 Å². The van der Waals surface area contributed by atoms with Crippen molar-refractivity contribution in [2.24, 2.45) is 0 Å². The van der Waals surface area contributed by atoms with Crippen LogP contribution in [0.15, 0.2) is 388 Å². The molecule has 518 valence electrons. The summed E-state index contributed by atoms with van der Waals surface area (Å²) in [5, 5.41) is 9.54. The van der Waals surface area contributed by atoms with Crippen LogP contribution in [0.1, 0.15) is 25.5 Å². The third kappa shape index (κ3) is 11.6. The van der Waals surface area contributed by atoms with Gasteiger partial charge in [0.1, 0.15) is 11.6 Å². The second-order valence-corrected chi connectivity index (χ2v) is 28.8. The number of imidazole rings is 2. The third-order valence-electron chi connectivity index (χ3n) is 22.4. The van der Waals surface area contributed by atoms with E-state index in [-0.39, 0.29) is 0 Å². The fraction of sp³-hybridized carbons (Fsp3) is 0.0377. The highest BCUT2D eigenvalue weighted by molar-refractivity contribution is 6.24. The van der Waals surface area contributed by atoms with Gasteiger partial charge in [-0.3, -0.25) is 9.13 Å². The van der Waals surface area contributed by atoms with E-state index in [2.05, 4.69) is 411 Å². The molecule has 0 fully saturated rings. The minimum absolute atomic E-state index is 0.819. The highest BCUT2D eigenvalue weighted by Gasteiger charge is 2.25. The standard InChI is InChI=1S/C106H74N4/c1-3-101-107-97-43-21-23-45-99(97)109(101)85-54-47-73(48-55-85)103-87-39-17-18-40-88(87)105(84-64-82(71-31-13-7-14-32-71)63-83(65-84)72-33-15-8-16-34-72)95-68-80(53-60-92(95)103)76-36-25-35-75(61-76)77-37-26-38-81(62-77)94-66-78(69-27-9-5-10-28-69)51-58-91(94)106-90-42-20-19-41-89(90)104(93-59-52-79(67-96(93)106)70-29-11-6-12-30-70)74-49-56-86(57-50-74)110-100-46-24-22-44-98(100)108-102(110)4-2/h5-68H,3-4H2,1-2H3. The van der Waals surface area contributed by atoms with Gasteiger partial charge in [0.05, 0.1) is 22.1 Å². The molecule has 2 aromatic heterocycles. The van der Waals surface area contributed by atoms with Gasteiger partial charge in [-0.2, -0.15) is 0 Å². The van der Waals surface area contributed by atoms with Gasteiger partial charge in [0.25, 0.3) is 0 Å². The van der Waals surface area contributed by atoms with Crippen LogP contribution >= 0.6 is 0 Å². The molecule has 0 aliphatic carbocycles. The Hall–Kier alpha value is -14.1. The minimum Gasteiger partial charge on any atom is -0.296 e. The molecule has 0 bridgehead atoms. The summed E-state index contributed by atoms with van der Waals surface area (Å²) in [5.41, 5.74) is 32.1. The molecule has 0 atom stereocenters. The molecule has 18 aromatic carbocycles. The summed E-state index contributed by atoms with van der Waals surface area (Å²) in [6.07, 6.45) is 1.64. The van der Waals surface area contributed by atoms with Gasteiger partial charge in [0.15, 0.2) is 0 Å². The summed E-state index contributed by atoms with van der Waals surface area (Å²) < 4.78 is 4.63. The first kappa shape index (κ1) is 65.5. The van der Waals surface area contributed by atoms with Gasteiger partial charge in [-0.15, -0.1) is 0 Å². The van der Waals surface area contributed by atoms with Crippen LogP contribution in [0.25, 0.3) is 199 Å². The molecule has 0 amide bonds. The highest BCUT2D eigenvalue weighted by atomic mass is 15.1. The van der Waals surface area contributed by atoms with Crippen LogP contribution in [0, 0.1) is 0 Å². The number of rotatable bonds is 15. The van der Waals surface area contributed by atoms with Crippen LogP contribution in [-0.4, -0.2) is 19.1 Å². The first-order valence-corrected chi connectivity index (χ1v) is 38.3. The van der Waals surface area contributed by atoms with Gasteiger partial charge in [-0.25, -0.2) is 9.97 Å². The smallest absolute Gasteiger partial charge is 0.114 e. The third-order valence-corrected chi connectivity index (χ3v) is 22.4. The SMILES string of the molecule is CCc1nc2ccccc2n1-c1ccc(-c2c3ccccc3c(-c3cc(-c4ccccc4)cc(-c4ccccc4)c3)c3cc(-c4cccc(-c5cccc(-c6cc(-c7ccccc7)ccc6-c6c7ccccc7c(-c7ccc(-n8c(CC)nc9ccccc98)cc7)c7ccc(-c8ccccc8)cc67)c5)c4)ccc23)cc1. The van der Waals surface area contributed by atoms with Crippen molar-refractivity contribution in [1.29, 1.82) is 0 Å². The van der Waals surface area contributed by atoms with Crippen LogP contribution in [0.3, 0.4) is 0 Å². The van der Waals surface area contributed by atoms with Crippen LogP contribution in [0.4, 0.5) is 0 Å². The molecule has 4 nitrogen and oxygen atoms in total. The number of aryl methyl sites for hydroxylation is 2. The Kier molecular flexibility index (Phi) is 16.5. The van der Waals surface area contributed by atoms with Crippen molar-refractivity contribution < 1.29 is 0 Å². The summed E-state index contributed by atoms with van der Waals surface area (Å²) in [6.45, 7) is 4.37. The average molecular weight is 1400 g/mol.